The Morgan fingerprint density at radius 3 is 2.32 bits per heavy atom. The van der Waals surface area contributed by atoms with Crippen LogP contribution in [0, 0.1) is 6.92 Å². The predicted molar refractivity (Wildman–Crippen MR) is 153 cm³/mol. The Morgan fingerprint density at radius 2 is 1.71 bits per heavy atom. The highest BCUT2D eigenvalue weighted by Crippen LogP contribution is 2.23. The Bertz CT molecular complexity index is 1470. The monoisotopic (exact) mass is 591 g/mol. The molecule has 1 aromatic heterocycles. The molecule has 0 aliphatic rings. The first-order chi connectivity index (χ1) is 17.7. The molecular formula is C27H27Cl2N3O4S2. The van der Waals surface area contributed by atoms with Gasteiger partial charge in [0.25, 0.3) is 5.91 Å². The zero-order valence-electron chi connectivity index (χ0n) is 20.4. The molecule has 0 radical (unpaired) electrons. The van der Waals surface area contributed by atoms with Gasteiger partial charge in [-0.05, 0) is 79.5 Å². The fourth-order valence-electron chi connectivity index (χ4n) is 3.64. The van der Waals surface area contributed by atoms with E-state index in [1.807, 2.05) is 13.0 Å². The Labute approximate surface area is 237 Å². The highest BCUT2D eigenvalue weighted by atomic mass is 35.5. The minimum atomic E-state index is -3.73. The molecule has 0 saturated heterocycles. The number of hydrogen-bond donors (Lipinski definition) is 3. The minimum Gasteiger partial charge on any atom is -0.387 e. The zero-order chi connectivity index (χ0) is 26.4. The van der Waals surface area contributed by atoms with Crippen LogP contribution >= 0.6 is 35.3 Å². The van der Waals surface area contributed by atoms with Gasteiger partial charge in [0, 0.05) is 28.2 Å². The molecule has 1 atom stereocenters. The van der Waals surface area contributed by atoms with E-state index < -0.39 is 15.9 Å². The topological polar surface area (TPSA) is 108 Å². The number of sulfone groups is 1. The van der Waals surface area contributed by atoms with Crippen LogP contribution in [0.25, 0.3) is 0 Å². The zero-order valence-corrected chi connectivity index (χ0v) is 23.6. The number of thiazole rings is 1. The normalized spacial score (nSPS) is 12.0. The standard InChI is InChI=1S/C27H26ClN3O4S2.ClH/c1-18-16-30-27(36-18)31-26(33)20-7-11-24(12-8-20)37(34,35)23-9-5-19(6-10-23)13-14-29-17-25(32)21-3-2-4-22(28)15-21;/h2-12,15-16,25,29,32H,13-14,17H2,1H3,(H,30,31,33);1H/t25-;/m1./s1. The van der Waals surface area contributed by atoms with Gasteiger partial charge in [-0.25, -0.2) is 13.4 Å². The fourth-order valence-corrected chi connectivity index (χ4v) is 5.76. The second-order valence-electron chi connectivity index (χ2n) is 8.43. The van der Waals surface area contributed by atoms with E-state index in [9.17, 15) is 18.3 Å². The Kier molecular flexibility index (Phi) is 10.4. The summed E-state index contributed by atoms with van der Waals surface area (Å²) < 4.78 is 26.1. The summed E-state index contributed by atoms with van der Waals surface area (Å²) in [5.41, 5.74) is 2.06. The average Bonchev–Trinajstić information content (AvgIpc) is 3.31. The highest BCUT2D eigenvalue weighted by Gasteiger charge is 2.18. The van der Waals surface area contributed by atoms with Gasteiger partial charge in [0.15, 0.2) is 5.13 Å². The van der Waals surface area contributed by atoms with Crippen LogP contribution < -0.4 is 10.6 Å². The van der Waals surface area contributed by atoms with Gasteiger partial charge >= 0.3 is 0 Å². The molecule has 3 aromatic carbocycles. The van der Waals surface area contributed by atoms with Gasteiger partial charge < -0.3 is 10.4 Å². The van der Waals surface area contributed by atoms with Crippen LogP contribution in [-0.2, 0) is 16.3 Å². The SMILES string of the molecule is Cc1cnc(NC(=O)c2ccc(S(=O)(=O)c3ccc(CCNC[C@@H](O)c4cccc(Cl)c4)cc3)cc2)s1.Cl. The molecule has 38 heavy (non-hydrogen) atoms. The molecular weight excluding hydrogens is 565 g/mol. The number of amides is 1. The quantitative estimate of drug-likeness (QED) is 0.211. The number of aliphatic hydroxyl groups excluding tert-OH is 1. The lowest BCUT2D eigenvalue weighted by Crippen LogP contribution is -2.23. The first kappa shape index (κ1) is 29.8. The second kappa shape index (κ2) is 13.3. The number of carbonyl (C=O) groups is 1. The highest BCUT2D eigenvalue weighted by molar-refractivity contribution is 7.91. The van der Waals surface area contributed by atoms with Crippen LogP contribution in [0.3, 0.4) is 0 Å². The lowest BCUT2D eigenvalue weighted by molar-refractivity contribution is 0.102. The number of nitrogens with one attached hydrogen (secondary N) is 2. The summed E-state index contributed by atoms with van der Waals surface area (Å²) in [4.78, 5) is 17.8. The van der Waals surface area contributed by atoms with Crippen LogP contribution in [0.4, 0.5) is 5.13 Å². The van der Waals surface area contributed by atoms with E-state index in [0.29, 0.717) is 35.2 Å². The van der Waals surface area contributed by atoms with Crippen molar-refractivity contribution in [2.45, 2.75) is 29.2 Å². The molecule has 4 rings (SSSR count). The maximum absolute atomic E-state index is 13.1. The number of aliphatic hydroxyl groups is 1. The van der Waals surface area contributed by atoms with Crippen LogP contribution in [-0.4, -0.2) is 37.5 Å². The maximum Gasteiger partial charge on any atom is 0.257 e. The molecule has 200 valence electrons. The molecule has 0 aliphatic carbocycles. The smallest absolute Gasteiger partial charge is 0.257 e. The van der Waals surface area contributed by atoms with E-state index in [2.05, 4.69) is 15.6 Å². The molecule has 4 aromatic rings. The number of benzene rings is 3. The van der Waals surface area contributed by atoms with E-state index in [-0.39, 0.29) is 28.1 Å². The predicted octanol–water partition coefficient (Wildman–Crippen LogP) is 5.48. The van der Waals surface area contributed by atoms with Gasteiger partial charge in [0.1, 0.15) is 0 Å². The summed E-state index contributed by atoms with van der Waals surface area (Å²) in [5.74, 6) is -0.351. The molecule has 1 amide bonds. The van der Waals surface area contributed by atoms with Crippen LogP contribution in [0.2, 0.25) is 5.02 Å². The molecule has 0 bridgehead atoms. The third kappa shape index (κ3) is 7.63. The summed E-state index contributed by atoms with van der Waals surface area (Å²) in [6, 6.07) is 19.7. The first-order valence-corrected chi connectivity index (χ1v) is 14.2. The molecule has 0 unspecified atom stereocenters. The van der Waals surface area contributed by atoms with Crippen molar-refractivity contribution in [1.29, 1.82) is 0 Å². The summed E-state index contributed by atoms with van der Waals surface area (Å²) in [6.07, 6.45) is 1.68. The number of nitrogens with zero attached hydrogens (tertiary/aromatic N) is 1. The van der Waals surface area contributed by atoms with Gasteiger partial charge in [0.2, 0.25) is 9.84 Å². The summed E-state index contributed by atoms with van der Waals surface area (Å²) >= 11 is 7.33. The lowest BCUT2D eigenvalue weighted by atomic mass is 10.1. The molecule has 0 fully saturated rings. The van der Waals surface area contributed by atoms with Gasteiger partial charge in [0.05, 0.1) is 15.9 Å². The Balaban J connectivity index is 0.00000400. The largest absolute Gasteiger partial charge is 0.387 e. The first-order valence-electron chi connectivity index (χ1n) is 11.5. The van der Waals surface area contributed by atoms with Gasteiger partial charge in [-0.2, -0.15) is 0 Å². The lowest BCUT2D eigenvalue weighted by Gasteiger charge is -2.13. The van der Waals surface area contributed by atoms with Gasteiger partial charge in [-0.1, -0.05) is 35.9 Å². The Hall–Kier alpha value is -2.79. The van der Waals surface area contributed by atoms with Crippen molar-refractivity contribution >= 4 is 56.2 Å². The van der Waals surface area contributed by atoms with Crippen LogP contribution in [0.5, 0.6) is 0 Å². The van der Waals surface area contributed by atoms with Crippen molar-refractivity contribution in [3.8, 4) is 0 Å². The van der Waals surface area contributed by atoms with Crippen molar-refractivity contribution in [1.82, 2.24) is 10.3 Å². The van der Waals surface area contributed by atoms with Gasteiger partial charge in [-0.15, -0.1) is 23.7 Å². The number of carbonyl (C=O) groups excluding carboxylic acids is 1. The van der Waals surface area contributed by atoms with E-state index >= 15 is 0 Å². The van der Waals surface area contributed by atoms with Crippen molar-refractivity contribution in [2.75, 3.05) is 18.4 Å². The number of aryl methyl sites for hydroxylation is 1. The molecule has 3 N–H and O–H groups in total. The number of anilines is 1. The molecule has 7 nitrogen and oxygen atoms in total. The molecule has 11 heteroatoms. The van der Waals surface area contributed by atoms with E-state index in [1.54, 1.807) is 48.7 Å². The number of halogens is 2. The second-order valence-corrected chi connectivity index (χ2v) is 12.0. The maximum atomic E-state index is 13.1. The van der Waals surface area contributed by atoms with Crippen molar-refractivity contribution in [3.05, 3.63) is 106 Å². The van der Waals surface area contributed by atoms with E-state index in [1.165, 1.54) is 35.6 Å². The fraction of sp³-hybridized carbons (Fsp3) is 0.185. The van der Waals surface area contributed by atoms with E-state index in [0.717, 1.165) is 16.0 Å². The Morgan fingerprint density at radius 1 is 1.05 bits per heavy atom. The summed E-state index contributed by atoms with van der Waals surface area (Å²) in [5, 5.41) is 17.3. The summed E-state index contributed by atoms with van der Waals surface area (Å²) in [6.45, 7) is 2.89. The van der Waals surface area contributed by atoms with Crippen LogP contribution in [0.1, 0.15) is 32.5 Å². The third-order valence-corrected chi connectivity index (χ3v) is 8.51. The third-order valence-electron chi connectivity index (χ3n) is 5.66. The molecule has 0 spiro atoms. The molecule has 1 heterocycles. The van der Waals surface area contributed by atoms with Crippen molar-refractivity contribution in [2.24, 2.45) is 0 Å². The molecule has 0 saturated carbocycles. The number of aromatic nitrogens is 1. The average molecular weight is 593 g/mol. The summed E-state index contributed by atoms with van der Waals surface area (Å²) in [7, 11) is -3.73. The van der Waals surface area contributed by atoms with Crippen molar-refractivity contribution < 1.29 is 18.3 Å². The number of rotatable bonds is 10. The number of hydrogen-bond acceptors (Lipinski definition) is 7. The van der Waals surface area contributed by atoms with Crippen LogP contribution in [0.15, 0.2) is 88.8 Å². The van der Waals surface area contributed by atoms with Crippen molar-refractivity contribution in [3.63, 3.8) is 0 Å². The van der Waals surface area contributed by atoms with Gasteiger partial charge in [-0.3, -0.25) is 10.1 Å². The minimum absolute atomic E-state index is 0. The molecule has 0 aliphatic heterocycles. The van der Waals surface area contributed by atoms with E-state index in [4.69, 9.17) is 11.6 Å².